The van der Waals surface area contributed by atoms with Crippen molar-refractivity contribution in [1.29, 1.82) is 0 Å². The molecule has 0 aromatic heterocycles. The summed E-state index contributed by atoms with van der Waals surface area (Å²) in [5.41, 5.74) is 2.65. The lowest BCUT2D eigenvalue weighted by Gasteiger charge is -2.03. The van der Waals surface area contributed by atoms with Crippen molar-refractivity contribution >= 4 is 5.69 Å². The summed E-state index contributed by atoms with van der Waals surface area (Å²) >= 11 is 0. The Morgan fingerprint density at radius 1 is 1.33 bits per heavy atom. The Morgan fingerprint density at radius 3 is 2.83 bits per heavy atom. The van der Waals surface area contributed by atoms with Crippen molar-refractivity contribution in [2.75, 3.05) is 12.4 Å². The fourth-order valence-electron chi connectivity index (χ4n) is 1.26. The van der Waals surface area contributed by atoms with E-state index in [4.69, 9.17) is 0 Å². The first kappa shape index (κ1) is 9.11. The molecule has 1 rings (SSSR count). The second kappa shape index (κ2) is 4.81. The van der Waals surface area contributed by atoms with E-state index >= 15 is 0 Å². The number of hydrogen-bond donors (Lipinski definition) is 1. The van der Waals surface area contributed by atoms with Gasteiger partial charge in [0.2, 0.25) is 0 Å². The molecule has 1 nitrogen and oxygen atoms in total. The predicted molar refractivity (Wildman–Crippen MR) is 54.6 cm³/mol. The van der Waals surface area contributed by atoms with Crippen LogP contribution in [0.25, 0.3) is 0 Å². The lowest BCUT2D eigenvalue weighted by atomic mass is 10.1. The van der Waals surface area contributed by atoms with Gasteiger partial charge in [0.15, 0.2) is 0 Å². The Hall–Kier alpha value is -0.980. The van der Waals surface area contributed by atoms with Gasteiger partial charge in [0.25, 0.3) is 0 Å². The highest BCUT2D eigenvalue weighted by atomic mass is 14.8. The molecule has 0 spiro atoms. The smallest absolute Gasteiger partial charge is 0.0340 e. The fraction of sp³-hybridized carbons (Fsp3) is 0.455. The van der Waals surface area contributed by atoms with Gasteiger partial charge < -0.3 is 5.32 Å². The maximum atomic E-state index is 3.14. The van der Waals surface area contributed by atoms with Crippen LogP contribution in [-0.4, -0.2) is 7.05 Å². The van der Waals surface area contributed by atoms with E-state index in [0.29, 0.717) is 0 Å². The van der Waals surface area contributed by atoms with E-state index < -0.39 is 0 Å². The molecule has 12 heavy (non-hydrogen) atoms. The third-order valence-electron chi connectivity index (χ3n) is 2.03. The summed E-state index contributed by atoms with van der Waals surface area (Å²) in [6.45, 7) is 2.22. The van der Waals surface area contributed by atoms with Crippen molar-refractivity contribution < 1.29 is 0 Å². The summed E-state index contributed by atoms with van der Waals surface area (Å²) in [6.07, 6.45) is 3.75. The van der Waals surface area contributed by atoms with Gasteiger partial charge in [-0.1, -0.05) is 25.5 Å². The van der Waals surface area contributed by atoms with Crippen molar-refractivity contribution in [1.82, 2.24) is 0 Å². The average molecular weight is 163 g/mol. The molecule has 0 aliphatic carbocycles. The SMILES string of the molecule is CCCCc1cccc(NC)c1. The molecule has 1 aromatic carbocycles. The van der Waals surface area contributed by atoms with E-state index in [-0.39, 0.29) is 0 Å². The normalized spacial score (nSPS) is 9.83. The van der Waals surface area contributed by atoms with Crippen LogP contribution in [0, 0.1) is 0 Å². The highest BCUT2D eigenvalue weighted by molar-refractivity contribution is 5.44. The largest absolute Gasteiger partial charge is 0.388 e. The zero-order valence-electron chi connectivity index (χ0n) is 7.93. The van der Waals surface area contributed by atoms with E-state index in [0.717, 1.165) is 0 Å². The van der Waals surface area contributed by atoms with Crippen LogP contribution in [-0.2, 0) is 6.42 Å². The Balaban J connectivity index is 2.60. The molecular weight excluding hydrogens is 146 g/mol. The molecule has 0 heterocycles. The second-order valence-electron chi connectivity index (χ2n) is 3.05. The minimum absolute atomic E-state index is 1.20. The predicted octanol–water partition coefficient (Wildman–Crippen LogP) is 3.07. The van der Waals surface area contributed by atoms with E-state index in [9.17, 15) is 0 Å². The van der Waals surface area contributed by atoms with Crippen molar-refractivity contribution in [2.45, 2.75) is 26.2 Å². The first-order valence-corrected chi connectivity index (χ1v) is 4.63. The van der Waals surface area contributed by atoms with Crippen LogP contribution in [0.15, 0.2) is 24.3 Å². The zero-order chi connectivity index (χ0) is 8.81. The molecular formula is C11H17N. The topological polar surface area (TPSA) is 12.0 Å². The fourth-order valence-corrected chi connectivity index (χ4v) is 1.26. The number of benzene rings is 1. The summed E-state index contributed by atoms with van der Waals surface area (Å²) in [4.78, 5) is 0. The van der Waals surface area contributed by atoms with Crippen molar-refractivity contribution in [3.63, 3.8) is 0 Å². The summed E-state index contributed by atoms with van der Waals surface area (Å²) < 4.78 is 0. The maximum Gasteiger partial charge on any atom is 0.0340 e. The van der Waals surface area contributed by atoms with Gasteiger partial charge in [-0.3, -0.25) is 0 Å². The molecule has 0 aliphatic heterocycles. The number of rotatable bonds is 4. The maximum absolute atomic E-state index is 3.14. The summed E-state index contributed by atoms with van der Waals surface area (Å²) in [5, 5.41) is 3.14. The van der Waals surface area contributed by atoms with Gasteiger partial charge in [-0.05, 0) is 30.5 Å². The number of anilines is 1. The molecule has 0 radical (unpaired) electrons. The number of aryl methyl sites for hydroxylation is 1. The van der Waals surface area contributed by atoms with Crippen LogP contribution in [0.2, 0.25) is 0 Å². The molecule has 0 amide bonds. The van der Waals surface area contributed by atoms with Gasteiger partial charge >= 0.3 is 0 Å². The number of nitrogens with one attached hydrogen (secondary N) is 1. The zero-order valence-corrected chi connectivity index (χ0v) is 7.93. The van der Waals surface area contributed by atoms with Gasteiger partial charge in [-0.25, -0.2) is 0 Å². The summed E-state index contributed by atoms with van der Waals surface area (Å²) in [7, 11) is 1.96. The highest BCUT2D eigenvalue weighted by Crippen LogP contribution is 2.11. The Kier molecular flexibility index (Phi) is 3.65. The Labute approximate surface area is 74.8 Å². The third kappa shape index (κ3) is 2.57. The molecule has 1 aromatic rings. The molecule has 0 saturated carbocycles. The van der Waals surface area contributed by atoms with Crippen LogP contribution >= 0.6 is 0 Å². The lowest BCUT2D eigenvalue weighted by molar-refractivity contribution is 0.795. The van der Waals surface area contributed by atoms with Gasteiger partial charge in [-0.2, -0.15) is 0 Å². The summed E-state index contributed by atoms with van der Waals surface area (Å²) in [5.74, 6) is 0. The quantitative estimate of drug-likeness (QED) is 0.719. The highest BCUT2D eigenvalue weighted by Gasteiger charge is 1.92. The third-order valence-corrected chi connectivity index (χ3v) is 2.03. The van der Waals surface area contributed by atoms with Gasteiger partial charge in [0, 0.05) is 12.7 Å². The van der Waals surface area contributed by atoms with E-state index in [1.54, 1.807) is 0 Å². The lowest BCUT2D eigenvalue weighted by Crippen LogP contribution is -1.90. The second-order valence-corrected chi connectivity index (χ2v) is 3.05. The monoisotopic (exact) mass is 163 g/mol. The van der Waals surface area contributed by atoms with Crippen LogP contribution in [0.3, 0.4) is 0 Å². The van der Waals surface area contributed by atoms with Gasteiger partial charge in [-0.15, -0.1) is 0 Å². The summed E-state index contributed by atoms with van der Waals surface area (Å²) in [6, 6.07) is 8.61. The van der Waals surface area contributed by atoms with E-state index in [2.05, 4.69) is 36.5 Å². The molecule has 0 aliphatic rings. The Morgan fingerprint density at radius 2 is 2.17 bits per heavy atom. The Bertz CT molecular complexity index is 230. The number of unbranched alkanes of at least 4 members (excludes halogenated alkanes) is 1. The van der Waals surface area contributed by atoms with Crippen LogP contribution in [0.5, 0.6) is 0 Å². The van der Waals surface area contributed by atoms with Crippen molar-refractivity contribution in [3.8, 4) is 0 Å². The van der Waals surface area contributed by atoms with Crippen LogP contribution in [0.4, 0.5) is 5.69 Å². The molecule has 1 heteroatoms. The van der Waals surface area contributed by atoms with Gasteiger partial charge in [0.1, 0.15) is 0 Å². The van der Waals surface area contributed by atoms with E-state index in [1.165, 1.54) is 30.5 Å². The minimum atomic E-state index is 1.20. The molecule has 0 atom stereocenters. The first-order valence-electron chi connectivity index (χ1n) is 4.63. The minimum Gasteiger partial charge on any atom is -0.388 e. The molecule has 0 bridgehead atoms. The van der Waals surface area contributed by atoms with Crippen molar-refractivity contribution in [3.05, 3.63) is 29.8 Å². The molecule has 0 fully saturated rings. The van der Waals surface area contributed by atoms with Crippen LogP contribution in [0.1, 0.15) is 25.3 Å². The standard InChI is InChI=1S/C11H17N/c1-3-4-6-10-7-5-8-11(9-10)12-2/h5,7-9,12H,3-4,6H2,1-2H3. The average Bonchev–Trinajstić information content (AvgIpc) is 2.15. The van der Waals surface area contributed by atoms with Crippen molar-refractivity contribution in [2.24, 2.45) is 0 Å². The number of hydrogen-bond acceptors (Lipinski definition) is 1. The van der Waals surface area contributed by atoms with Gasteiger partial charge in [0.05, 0.1) is 0 Å². The van der Waals surface area contributed by atoms with Crippen LogP contribution < -0.4 is 5.32 Å². The molecule has 0 saturated heterocycles. The first-order chi connectivity index (χ1) is 5.86. The molecule has 0 unspecified atom stereocenters. The molecule has 1 N–H and O–H groups in total. The van der Waals surface area contributed by atoms with E-state index in [1.807, 2.05) is 7.05 Å². The molecule has 66 valence electrons.